The van der Waals surface area contributed by atoms with Crippen LogP contribution in [0.15, 0.2) is 18.3 Å². The van der Waals surface area contributed by atoms with E-state index in [4.69, 9.17) is 17.3 Å². The molecule has 2 aromatic rings. The van der Waals surface area contributed by atoms with E-state index in [2.05, 4.69) is 24.1 Å². The molecule has 0 spiro atoms. The van der Waals surface area contributed by atoms with E-state index in [1.807, 2.05) is 9.47 Å². The van der Waals surface area contributed by atoms with Gasteiger partial charge >= 0.3 is 0 Å². The summed E-state index contributed by atoms with van der Waals surface area (Å²) in [7, 11) is 0. The van der Waals surface area contributed by atoms with Gasteiger partial charge in [0.2, 0.25) is 11.8 Å². The lowest BCUT2D eigenvalue weighted by atomic mass is 9.89. The number of halogens is 1. The van der Waals surface area contributed by atoms with Crippen LogP contribution in [0.1, 0.15) is 49.8 Å². The van der Waals surface area contributed by atoms with Crippen molar-refractivity contribution in [3.8, 4) is 11.1 Å². The maximum absolute atomic E-state index is 13.0. The van der Waals surface area contributed by atoms with Crippen molar-refractivity contribution < 1.29 is 14.4 Å². The first kappa shape index (κ1) is 22.9. The van der Waals surface area contributed by atoms with Gasteiger partial charge in [0.25, 0.3) is 5.91 Å². The highest BCUT2D eigenvalue weighted by Crippen LogP contribution is 2.43. The Bertz CT molecular complexity index is 1190. The van der Waals surface area contributed by atoms with Gasteiger partial charge in [-0.3, -0.25) is 14.4 Å². The molecular formula is C25H30ClN5O3. The summed E-state index contributed by atoms with van der Waals surface area (Å²) in [6.07, 6.45) is 3.89. The molecule has 3 atom stereocenters. The lowest BCUT2D eigenvalue weighted by molar-refractivity contribution is -0.128. The maximum atomic E-state index is 13.0. The second-order valence-corrected chi connectivity index (χ2v) is 11.2. The molecule has 1 aliphatic carbocycles. The van der Waals surface area contributed by atoms with E-state index >= 15 is 0 Å². The summed E-state index contributed by atoms with van der Waals surface area (Å²) >= 11 is 6.53. The molecule has 0 aromatic carbocycles. The number of hydrogen-bond acceptors (Lipinski definition) is 4. The Balaban J connectivity index is 1.36. The number of likely N-dealkylation sites (tertiary alicyclic amines) is 1. The molecule has 3 aliphatic rings. The summed E-state index contributed by atoms with van der Waals surface area (Å²) in [6, 6.07) is 3.57. The molecule has 2 aliphatic heterocycles. The largest absolute Gasteiger partial charge is 0.364 e. The Morgan fingerprint density at radius 2 is 1.82 bits per heavy atom. The highest BCUT2D eigenvalue weighted by molar-refractivity contribution is 6.33. The van der Waals surface area contributed by atoms with Gasteiger partial charge in [-0.05, 0) is 48.6 Å². The lowest BCUT2D eigenvalue weighted by Gasteiger charge is -2.17. The molecule has 3 amide bonds. The zero-order valence-electron chi connectivity index (χ0n) is 19.7. The quantitative estimate of drug-likeness (QED) is 0.694. The van der Waals surface area contributed by atoms with Crippen molar-refractivity contribution in [2.45, 2.75) is 46.6 Å². The van der Waals surface area contributed by atoms with E-state index in [9.17, 15) is 14.4 Å². The first-order valence-corrected chi connectivity index (χ1v) is 12.1. The van der Waals surface area contributed by atoms with Gasteiger partial charge < -0.3 is 20.5 Å². The number of hydrogen-bond donors (Lipinski definition) is 2. The third-order valence-electron chi connectivity index (χ3n) is 7.66. The maximum Gasteiger partial charge on any atom is 0.265 e. The number of carbonyl (C=O) groups excluding carboxylic acids is 3. The molecule has 9 heteroatoms. The fourth-order valence-electron chi connectivity index (χ4n) is 6.05. The number of fused-ring (bicyclic) bond motifs is 2. The summed E-state index contributed by atoms with van der Waals surface area (Å²) < 4.78 is 1.98. The van der Waals surface area contributed by atoms with E-state index < -0.39 is 5.91 Å². The topological polar surface area (TPSA) is 110 Å². The van der Waals surface area contributed by atoms with Gasteiger partial charge in [-0.2, -0.15) is 0 Å². The standard InChI is InChI=1S/C25H30ClN5O3/c1-13(32)30-10-15-4-14(5-16(15)11-30)24(34)29-22-7-17(19(26)9-28-22)18-6-20(23(27)33)31-12-25(2,3)8-21(18)31/h6-7,9,14-16H,4-5,8,10-12H2,1-3H3,(H2,27,33)(H,28,29,34)/t14-,15+,16-. The van der Waals surface area contributed by atoms with Crippen LogP contribution in [0.25, 0.3) is 11.1 Å². The Kier molecular flexibility index (Phi) is 5.47. The van der Waals surface area contributed by atoms with Crippen LogP contribution >= 0.6 is 11.6 Å². The van der Waals surface area contributed by atoms with Gasteiger partial charge in [0.15, 0.2) is 0 Å². The number of nitrogens with one attached hydrogen (secondary N) is 1. The number of aromatic nitrogens is 2. The Morgan fingerprint density at radius 1 is 1.15 bits per heavy atom. The Morgan fingerprint density at radius 3 is 2.44 bits per heavy atom. The van der Waals surface area contributed by atoms with Crippen molar-refractivity contribution in [3.05, 3.63) is 34.7 Å². The van der Waals surface area contributed by atoms with Gasteiger partial charge in [-0.1, -0.05) is 25.4 Å². The molecule has 5 rings (SSSR count). The van der Waals surface area contributed by atoms with Gasteiger partial charge in [-0.25, -0.2) is 4.98 Å². The van der Waals surface area contributed by atoms with Gasteiger partial charge in [0.1, 0.15) is 11.5 Å². The number of anilines is 1. The third kappa shape index (κ3) is 3.98. The van der Waals surface area contributed by atoms with Crippen LogP contribution in [0.3, 0.4) is 0 Å². The second-order valence-electron chi connectivity index (χ2n) is 10.8. The molecule has 180 valence electrons. The number of rotatable bonds is 4. The zero-order chi connectivity index (χ0) is 24.4. The van der Waals surface area contributed by atoms with E-state index in [0.717, 1.165) is 49.2 Å². The molecule has 1 saturated carbocycles. The van der Waals surface area contributed by atoms with Crippen LogP contribution in [0.4, 0.5) is 5.82 Å². The van der Waals surface area contributed by atoms with Gasteiger partial charge in [0, 0.05) is 55.5 Å². The smallest absolute Gasteiger partial charge is 0.265 e. The number of amides is 3. The van der Waals surface area contributed by atoms with Crippen LogP contribution in [0.5, 0.6) is 0 Å². The fraction of sp³-hybridized carbons (Fsp3) is 0.520. The van der Waals surface area contributed by atoms with Crippen molar-refractivity contribution in [2.75, 3.05) is 18.4 Å². The summed E-state index contributed by atoms with van der Waals surface area (Å²) in [4.78, 5) is 43.0. The minimum atomic E-state index is -0.473. The summed E-state index contributed by atoms with van der Waals surface area (Å²) in [6.45, 7) is 8.10. The van der Waals surface area contributed by atoms with Crippen molar-refractivity contribution in [3.63, 3.8) is 0 Å². The molecular weight excluding hydrogens is 454 g/mol. The van der Waals surface area contributed by atoms with E-state index in [-0.39, 0.29) is 23.1 Å². The van der Waals surface area contributed by atoms with Gasteiger partial charge in [0.05, 0.1) is 5.02 Å². The monoisotopic (exact) mass is 483 g/mol. The minimum absolute atomic E-state index is 0.00457. The van der Waals surface area contributed by atoms with Crippen LogP contribution in [0, 0.1) is 23.2 Å². The molecule has 34 heavy (non-hydrogen) atoms. The predicted octanol–water partition coefficient (Wildman–Crippen LogP) is 3.33. The molecule has 2 aromatic heterocycles. The normalized spacial score (nSPS) is 24.7. The van der Waals surface area contributed by atoms with Crippen LogP contribution in [-0.2, 0) is 22.6 Å². The summed E-state index contributed by atoms with van der Waals surface area (Å²) in [5, 5.41) is 3.42. The first-order chi connectivity index (χ1) is 16.0. The van der Waals surface area contributed by atoms with E-state index in [0.29, 0.717) is 34.9 Å². The van der Waals surface area contributed by atoms with Gasteiger partial charge in [-0.15, -0.1) is 0 Å². The Labute approximate surface area is 203 Å². The Hall–Kier alpha value is -2.87. The fourth-order valence-corrected chi connectivity index (χ4v) is 6.25. The van der Waals surface area contributed by atoms with Crippen molar-refractivity contribution in [2.24, 2.45) is 28.9 Å². The zero-order valence-corrected chi connectivity index (χ0v) is 20.5. The molecule has 0 bridgehead atoms. The average molecular weight is 484 g/mol. The number of carbonyl (C=O) groups is 3. The van der Waals surface area contributed by atoms with E-state index in [1.165, 1.54) is 6.20 Å². The molecule has 2 fully saturated rings. The van der Waals surface area contributed by atoms with Crippen LogP contribution < -0.4 is 11.1 Å². The highest BCUT2D eigenvalue weighted by Gasteiger charge is 2.44. The second kappa shape index (κ2) is 8.12. The lowest BCUT2D eigenvalue weighted by Crippen LogP contribution is -2.29. The van der Waals surface area contributed by atoms with Crippen LogP contribution in [0.2, 0.25) is 5.02 Å². The summed E-state index contributed by atoms with van der Waals surface area (Å²) in [5.74, 6) is 0.689. The predicted molar refractivity (Wildman–Crippen MR) is 129 cm³/mol. The van der Waals surface area contributed by atoms with Crippen molar-refractivity contribution >= 4 is 35.1 Å². The number of pyridine rings is 1. The van der Waals surface area contributed by atoms with Crippen molar-refractivity contribution in [1.29, 1.82) is 0 Å². The third-order valence-corrected chi connectivity index (χ3v) is 7.96. The molecule has 4 heterocycles. The molecule has 0 unspecified atom stereocenters. The average Bonchev–Trinajstić information content (AvgIpc) is 3.46. The van der Waals surface area contributed by atoms with Crippen molar-refractivity contribution in [1.82, 2.24) is 14.5 Å². The number of nitrogens with zero attached hydrogens (tertiary/aromatic N) is 3. The SMILES string of the molecule is CC(=O)N1C[C@H]2C[C@H](C(=O)Nc3cc(-c4cc(C(N)=O)n5c4CC(C)(C)C5)c(Cl)cn3)C[C@H]2C1. The molecule has 0 radical (unpaired) electrons. The summed E-state index contributed by atoms with van der Waals surface area (Å²) in [5.41, 5.74) is 8.71. The number of nitrogens with two attached hydrogens (primary N) is 1. The van der Waals surface area contributed by atoms with E-state index in [1.54, 1.807) is 19.1 Å². The molecule has 1 saturated heterocycles. The molecule has 8 nitrogen and oxygen atoms in total. The number of primary amides is 1. The molecule has 3 N–H and O–H groups in total. The highest BCUT2D eigenvalue weighted by atomic mass is 35.5. The minimum Gasteiger partial charge on any atom is -0.364 e. The van der Waals surface area contributed by atoms with Crippen LogP contribution in [-0.4, -0.2) is 45.3 Å². The first-order valence-electron chi connectivity index (χ1n) is 11.8.